The van der Waals surface area contributed by atoms with E-state index in [9.17, 15) is 9.90 Å². The van der Waals surface area contributed by atoms with Gasteiger partial charge in [0.05, 0.1) is 17.9 Å². The zero-order chi connectivity index (χ0) is 17.1. The SMILES string of the molecule is CCOC(=O)c1ccn(C(C)C)c1C(O)c1ccc(Cl)cc1C. The largest absolute Gasteiger partial charge is 0.462 e. The Morgan fingerprint density at radius 3 is 2.61 bits per heavy atom. The number of hydrogen-bond donors (Lipinski definition) is 1. The molecular weight excluding hydrogens is 314 g/mol. The third kappa shape index (κ3) is 3.59. The molecule has 0 fully saturated rings. The van der Waals surface area contributed by atoms with Crippen LogP contribution in [-0.2, 0) is 4.74 Å². The van der Waals surface area contributed by atoms with Crippen molar-refractivity contribution >= 4 is 17.6 Å². The summed E-state index contributed by atoms with van der Waals surface area (Å²) in [4.78, 5) is 12.2. The number of halogens is 1. The van der Waals surface area contributed by atoms with Crippen molar-refractivity contribution < 1.29 is 14.6 Å². The van der Waals surface area contributed by atoms with Gasteiger partial charge in [-0.2, -0.15) is 0 Å². The average molecular weight is 336 g/mol. The molecule has 1 unspecified atom stereocenters. The summed E-state index contributed by atoms with van der Waals surface area (Å²) in [5.74, 6) is -0.424. The maximum atomic E-state index is 12.2. The Hall–Kier alpha value is -1.78. The summed E-state index contributed by atoms with van der Waals surface area (Å²) in [6.07, 6.45) is 0.879. The molecule has 1 aromatic heterocycles. The fraction of sp³-hybridized carbons (Fsp3) is 0.389. The van der Waals surface area contributed by atoms with Gasteiger partial charge in [0.25, 0.3) is 0 Å². The van der Waals surface area contributed by atoms with Gasteiger partial charge in [-0.05, 0) is 57.0 Å². The number of nitrogens with zero attached hydrogens (tertiary/aromatic N) is 1. The highest BCUT2D eigenvalue weighted by Gasteiger charge is 2.26. The molecule has 0 aliphatic carbocycles. The third-order valence-electron chi connectivity index (χ3n) is 3.79. The van der Waals surface area contributed by atoms with Gasteiger partial charge in [0.15, 0.2) is 0 Å². The lowest BCUT2D eigenvalue weighted by molar-refractivity contribution is 0.0520. The minimum absolute atomic E-state index is 0.107. The first-order valence-electron chi connectivity index (χ1n) is 7.68. The second kappa shape index (κ2) is 7.20. The van der Waals surface area contributed by atoms with Crippen molar-refractivity contribution in [1.82, 2.24) is 4.57 Å². The van der Waals surface area contributed by atoms with E-state index < -0.39 is 12.1 Å². The lowest BCUT2D eigenvalue weighted by atomic mass is 9.98. The van der Waals surface area contributed by atoms with Gasteiger partial charge in [-0.15, -0.1) is 0 Å². The minimum Gasteiger partial charge on any atom is -0.462 e. The molecule has 1 heterocycles. The third-order valence-corrected chi connectivity index (χ3v) is 4.03. The smallest absolute Gasteiger partial charge is 0.340 e. The van der Waals surface area contributed by atoms with Crippen LogP contribution in [0.3, 0.4) is 0 Å². The van der Waals surface area contributed by atoms with Gasteiger partial charge in [-0.25, -0.2) is 4.79 Å². The molecule has 0 saturated carbocycles. The van der Waals surface area contributed by atoms with Crippen LogP contribution in [0.2, 0.25) is 5.02 Å². The summed E-state index contributed by atoms with van der Waals surface area (Å²) in [5, 5.41) is 11.5. The predicted molar refractivity (Wildman–Crippen MR) is 91.0 cm³/mol. The number of hydrogen-bond acceptors (Lipinski definition) is 3. The van der Waals surface area contributed by atoms with Gasteiger partial charge in [0, 0.05) is 17.3 Å². The number of aromatic nitrogens is 1. The summed E-state index contributed by atoms with van der Waals surface area (Å²) in [7, 11) is 0. The molecule has 23 heavy (non-hydrogen) atoms. The van der Waals surface area contributed by atoms with E-state index in [1.807, 2.05) is 25.3 Å². The summed E-state index contributed by atoms with van der Waals surface area (Å²) in [6.45, 7) is 7.94. The Bertz CT molecular complexity index is 706. The lowest BCUT2D eigenvalue weighted by Gasteiger charge is -2.21. The molecule has 0 aliphatic rings. The fourth-order valence-electron chi connectivity index (χ4n) is 2.67. The summed E-state index contributed by atoms with van der Waals surface area (Å²) >= 11 is 5.99. The van der Waals surface area contributed by atoms with Crippen LogP contribution in [0.15, 0.2) is 30.5 Å². The molecule has 0 aliphatic heterocycles. The Morgan fingerprint density at radius 2 is 2.04 bits per heavy atom. The van der Waals surface area contributed by atoms with Crippen molar-refractivity contribution in [2.45, 2.75) is 39.8 Å². The molecule has 2 rings (SSSR count). The fourth-order valence-corrected chi connectivity index (χ4v) is 2.90. The molecule has 5 heteroatoms. The monoisotopic (exact) mass is 335 g/mol. The van der Waals surface area contributed by atoms with Crippen molar-refractivity contribution in [3.05, 3.63) is 57.9 Å². The normalized spacial score (nSPS) is 12.5. The quantitative estimate of drug-likeness (QED) is 0.829. The van der Waals surface area contributed by atoms with Crippen LogP contribution in [0.25, 0.3) is 0 Å². The topological polar surface area (TPSA) is 51.5 Å². The van der Waals surface area contributed by atoms with Crippen LogP contribution in [0.1, 0.15) is 60.1 Å². The number of aliphatic hydroxyl groups is 1. The van der Waals surface area contributed by atoms with Crippen molar-refractivity contribution in [3.8, 4) is 0 Å². The van der Waals surface area contributed by atoms with Crippen LogP contribution in [-0.4, -0.2) is 22.2 Å². The highest BCUT2D eigenvalue weighted by atomic mass is 35.5. The molecule has 124 valence electrons. The van der Waals surface area contributed by atoms with Crippen LogP contribution in [0.5, 0.6) is 0 Å². The van der Waals surface area contributed by atoms with Crippen molar-refractivity contribution in [2.75, 3.05) is 6.61 Å². The number of esters is 1. The first-order chi connectivity index (χ1) is 10.9. The summed E-state index contributed by atoms with van der Waals surface area (Å²) in [5.41, 5.74) is 2.53. The highest BCUT2D eigenvalue weighted by Crippen LogP contribution is 2.31. The standard InChI is InChI=1S/C18H22ClNO3/c1-5-23-18(22)15-8-9-20(11(2)3)16(15)17(21)14-7-6-13(19)10-12(14)4/h6-11,17,21H,5H2,1-4H3. The van der Waals surface area contributed by atoms with E-state index in [0.29, 0.717) is 22.9 Å². The van der Waals surface area contributed by atoms with Crippen LogP contribution >= 0.6 is 11.6 Å². The molecule has 1 atom stereocenters. The van der Waals surface area contributed by atoms with E-state index >= 15 is 0 Å². The molecule has 0 bridgehead atoms. The first kappa shape index (κ1) is 17.6. The molecule has 2 aromatic rings. The van der Waals surface area contributed by atoms with Crippen LogP contribution in [0.4, 0.5) is 0 Å². The zero-order valence-electron chi connectivity index (χ0n) is 13.8. The Kier molecular flexibility index (Phi) is 5.50. The molecule has 0 amide bonds. The van der Waals surface area contributed by atoms with Gasteiger partial charge in [0.2, 0.25) is 0 Å². The number of ether oxygens (including phenoxy) is 1. The van der Waals surface area contributed by atoms with Gasteiger partial charge >= 0.3 is 5.97 Å². The molecule has 4 nitrogen and oxygen atoms in total. The Labute approximate surface area is 141 Å². The van der Waals surface area contributed by atoms with Gasteiger partial charge < -0.3 is 14.4 Å². The second-order valence-corrected chi connectivity index (χ2v) is 6.18. The van der Waals surface area contributed by atoms with Crippen molar-refractivity contribution in [1.29, 1.82) is 0 Å². The molecule has 0 saturated heterocycles. The van der Waals surface area contributed by atoms with Crippen molar-refractivity contribution in [3.63, 3.8) is 0 Å². The number of benzene rings is 1. The highest BCUT2D eigenvalue weighted by molar-refractivity contribution is 6.30. The molecule has 1 aromatic carbocycles. The Balaban J connectivity index is 2.55. The van der Waals surface area contributed by atoms with E-state index in [4.69, 9.17) is 16.3 Å². The average Bonchev–Trinajstić information content (AvgIpc) is 2.92. The van der Waals surface area contributed by atoms with Gasteiger partial charge in [-0.3, -0.25) is 0 Å². The first-order valence-corrected chi connectivity index (χ1v) is 8.06. The number of aliphatic hydroxyl groups excluding tert-OH is 1. The Morgan fingerprint density at radius 1 is 1.35 bits per heavy atom. The van der Waals surface area contributed by atoms with Crippen LogP contribution in [0, 0.1) is 6.92 Å². The number of carbonyl (C=O) groups excluding carboxylic acids is 1. The maximum absolute atomic E-state index is 12.2. The van der Waals surface area contributed by atoms with Gasteiger partial charge in [-0.1, -0.05) is 17.7 Å². The minimum atomic E-state index is -0.927. The second-order valence-electron chi connectivity index (χ2n) is 5.74. The molecular formula is C18H22ClNO3. The van der Waals surface area contributed by atoms with Crippen molar-refractivity contribution in [2.24, 2.45) is 0 Å². The van der Waals surface area contributed by atoms with E-state index in [0.717, 1.165) is 11.1 Å². The number of rotatable bonds is 5. The van der Waals surface area contributed by atoms with Gasteiger partial charge in [0.1, 0.15) is 6.10 Å². The van der Waals surface area contributed by atoms with E-state index in [1.54, 1.807) is 37.4 Å². The van der Waals surface area contributed by atoms with Crippen LogP contribution < -0.4 is 0 Å². The van der Waals surface area contributed by atoms with E-state index in [2.05, 4.69) is 0 Å². The number of carbonyl (C=O) groups is 1. The molecule has 0 spiro atoms. The predicted octanol–water partition coefficient (Wildman–Crippen LogP) is 4.29. The van der Waals surface area contributed by atoms with E-state index in [1.165, 1.54) is 0 Å². The summed E-state index contributed by atoms with van der Waals surface area (Å²) in [6, 6.07) is 7.12. The number of aryl methyl sites for hydroxylation is 1. The summed E-state index contributed by atoms with van der Waals surface area (Å²) < 4.78 is 7.01. The zero-order valence-corrected chi connectivity index (χ0v) is 14.6. The van der Waals surface area contributed by atoms with E-state index in [-0.39, 0.29) is 6.04 Å². The lowest BCUT2D eigenvalue weighted by Crippen LogP contribution is -2.16. The maximum Gasteiger partial charge on any atom is 0.340 e. The molecule has 1 N–H and O–H groups in total. The molecule has 0 radical (unpaired) electrons.